The van der Waals surface area contributed by atoms with Crippen LogP contribution in [0.2, 0.25) is 0 Å². The van der Waals surface area contributed by atoms with Crippen molar-refractivity contribution in [2.45, 2.75) is 19.4 Å². The molecule has 3 aromatic rings. The number of fused-ring (bicyclic) bond motifs is 1. The van der Waals surface area contributed by atoms with Crippen LogP contribution in [0.5, 0.6) is 11.5 Å². The minimum Gasteiger partial charge on any atom is -0.497 e. The number of nitrogens with one attached hydrogen (secondary N) is 2. The maximum Gasteiger partial charge on any atom is 0.191 e. The predicted molar refractivity (Wildman–Crippen MR) is 109 cm³/mol. The van der Waals surface area contributed by atoms with Crippen LogP contribution in [0.4, 0.5) is 0 Å². The quantitative estimate of drug-likeness (QED) is 0.352. The molecule has 148 valence electrons. The fourth-order valence-corrected chi connectivity index (χ4v) is 2.91. The van der Waals surface area contributed by atoms with Gasteiger partial charge in [0.25, 0.3) is 0 Å². The molecular formula is C20H26N6O2. The van der Waals surface area contributed by atoms with E-state index < -0.39 is 0 Å². The van der Waals surface area contributed by atoms with Gasteiger partial charge in [0.2, 0.25) is 0 Å². The van der Waals surface area contributed by atoms with Crippen molar-refractivity contribution >= 4 is 11.6 Å². The van der Waals surface area contributed by atoms with Crippen molar-refractivity contribution in [2.24, 2.45) is 4.99 Å². The molecule has 0 atom stereocenters. The number of aryl methyl sites for hydroxylation is 1. The van der Waals surface area contributed by atoms with E-state index in [0.717, 1.165) is 53.9 Å². The maximum absolute atomic E-state index is 5.43. The summed E-state index contributed by atoms with van der Waals surface area (Å²) in [5.74, 6) is 3.25. The van der Waals surface area contributed by atoms with Crippen LogP contribution in [0.15, 0.2) is 47.6 Å². The molecule has 0 bridgehead atoms. The molecule has 0 aliphatic rings. The lowest BCUT2D eigenvalue weighted by molar-refractivity contribution is 0.390. The molecule has 2 N–H and O–H groups in total. The average molecular weight is 382 g/mol. The Labute approximate surface area is 164 Å². The second-order valence-electron chi connectivity index (χ2n) is 6.18. The first-order valence-corrected chi connectivity index (χ1v) is 9.19. The summed E-state index contributed by atoms with van der Waals surface area (Å²) >= 11 is 0. The molecule has 0 amide bonds. The molecule has 1 aromatic carbocycles. The van der Waals surface area contributed by atoms with Gasteiger partial charge < -0.3 is 20.1 Å². The number of ether oxygens (including phenoxy) is 2. The molecule has 0 aliphatic carbocycles. The fraction of sp³-hybridized carbons (Fsp3) is 0.350. The summed E-state index contributed by atoms with van der Waals surface area (Å²) in [5, 5.41) is 15.1. The zero-order chi connectivity index (χ0) is 19.8. The Kier molecular flexibility index (Phi) is 6.67. The van der Waals surface area contributed by atoms with E-state index in [4.69, 9.17) is 9.47 Å². The van der Waals surface area contributed by atoms with Crippen molar-refractivity contribution in [3.8, 4) is 11.5 Å². The van der Waals surface area contributed by atoms with Gasteiger partial charge in [0.05, 0.1) is 14.2 Å². The summed E-state index contributed by atoms with van der Waals surface area (Å²) in [5.41, 5.74) is 1.90. The van der Waals surface area contributed by atoms with E-state index in [1.807, 2.05) is 47.0 Å². The van der Waals surface area contributed by atoms with Crippen molar-refractivity contribution in [2.75, 3.05) is 27.8 Å². The van der Waals surface area contributed by atoms with Crippen LogP contribution in [-0.2, 0) is 13.0 Å². The van der Waals surface area contributed by atoms with E-state index in [0.29, 0.717) is 6.54 Å². The molecule has 0 aliphatic heterocycles. The van der Waals surface area contributed by atoms with Crippen LogP contribution in [0, 0.1) is 0 Å². The number of hydrogen-bond donors (Lipinski definition) is 2. The smallest absolute Gasteiger partial charge is 0.191 e. The van der Waals surface area contributed by atoms with Gasteiger partial charge in [-0.15, -0.1) is 10.2 Å². The Balaban J connectivity index is 1.47. The zero-order valence-electron chi connectivity index (χ0n) is 16.5. The third-order valence-corrected chi connectivity index (χ3v) is 4.42. The van der Waals surface area contributed by atoms with E-state index in [1.54, 1.807) is 21.3 Å². The summed E-state index contributed by atoms with van der Waals surface area (Å²) in [6, 6.07) is 11.7. The predicted octanol–water partition coefficient (Wildman–Crippen LogP) is 2.04. The molecule has 0 spiro atoms. The minimum atomic E-state index is 0.599. The van der Waals surface area contributed by atoms with Gasteiger partial charge in [-0.1, -0.05) is 6.07 Å². The Morgan fingerprint density at radius 1 is 1.11 bits per heavy atom. The second kappa shape index (κ2) is 9.59. The number of hydrogen-bond acceptors (Lipinski definition) is 5. The number of methoxy groups -OCH3 is 2. The minimum absolute atomic E-state index is 0.599. The highest BCUT2D eigenvalue weighted by Gasteiger charge is 2.07. The van der Waals surface area contributed by atoms with Gasteiger partial charge in [-0.3, -0.25) is 9.39 Å². The number of nitrogens with zero attached hydrogens (tertiary/aromatic N) is 4. The second-order valence-corrected chi connectivity index (χ2v) is 6.18. The monoisotopic (exact) mass is 382 g/mol. The van der Waals surface area contributed by atoms with Crippen molar-refractivity contribution < 1.29 is 9.47 Å². The van der Waals surface area contributed by atoms with E-state index in [-0.39, 0.29) is 0 Å². The lowest BCUT2D eigenvalue weighted by Gasteiger charge is -2.14. The summed E-state index contributed by atoms with van der Waals surface area (Å²) in [6.45, 7) is 1.38. The molecule has 3 rings (SSSR count). The molecule has 0 radical (unpaired) electrons. The SMILES string of the molecule is CN=C(NCCCc1nnc2ccccn12)NCc1ccc(OC)cc1OC. The van der Waals surface area contributed by atoms with Gasteiger partial charge in [0.15, 0.2) is 11.6 Å². The van der Waals surface area contributed by atoms with Crippen LogP contribution in [-0.4, -0.2) is 48.4 Å². The fourth-order valence-electron chi connectivity index (χ4n) is 2.91. The Hall–Kier alpha value is -3.29. The Morgan fingerprint density at radius 2 is 2.00 bits per heavy atom. The molecule has 28 heavy (non-hydrogen) atoms. The van der Waals surface area contributed by atoms with E-state index in [1.165, 1.54) is 0 Å². The number of rotatable bonds is 8. The van der Waals surface area contributed by atoms with Crippen molar-refractivity contribution in [3.05, 3.63) is 54.0 Å². The van der Waals surface area contributed by atoms with Crippen molar-refractivity contribution in [3.63, 3.8) is 0 Å². The summed E-state index contributed by atoms with van der Waals surface area (Å²) in [6.07, 6.45) is 3.74. The van der Waals surface area contributed by atoms with Crippen LogP contribution < -0.4 is 20.1 Å². The van der Waals surface area contributed by atoms with Crippen LogP contribution in [0.25, 0.3) is 5.65 Å². The highest BCUT2D eigenvalue weighted by molar-refractivity contribution is 5.79. The summed E-state index contributed by atoms with van der Waals surface area (Å²) < 4.78 is 12.7. The van der Waals surface area contributed by atoms with Gasteiger partial charge in [-0.2, -0.15) is 0 Å². The van der Waals surface area contributed by atoms with E-state index in [2.05, 4.69) is 25.8 Å². The average Bonchev–Trinajstić information content (AvgIpc) is 3.16. The Morgan fingerprint density at radius 3 is 2.79 bits per heavy atom. The van der Waals surface area contributed by atoms with Gasteiger partial charge >= 0.3 is 0 Å². The third kappa shape index (κ3) is 4.70. The lowest BCUT2D eigenvalue weighted by atomic mass is 10.2. The number of guanidine groups is 1. The normalized spacial score (nSPS) is 11.5. The lowest BCUT2D eigenvalue weighted by Crippen LogP contribution is -2.37. The first kappa shape index (κ1) is 19.5. The van der Waals surface area contributed by atoms with Crippen LogP contribution in [0.3, 0.4) is 0 Å². The van der Waals surface area contributed by atoms with E-state index >= 15 is 0 Å². The van der Waals surface area contributed by atoms with Crippen LogP contribution in [0.1, 0.15) is 17.8 Å². The standard InChI is InChI=1S/C20H26N6O2/c1-21-20(23-14-15-9-10-16(27-2)13-17(15)28-3)22-11-6-8-19-25-24-18-7-4-5-12-26(18)19/h4-5,7,9-10,12-13H,6,8,11,14H2,1-3H3,(H2,21,22,23). The van der Waals surface area contributed by atoms with E-state index in [9.17, 15) is 0 Å². The van der Waals surface area contributed by atoms with Gasteiger partial charge in [0, 0.05) is 44.4 Å². The first-order chi connectivity index (χ1) is 13.7. The summed E-state index contributed by atoms with van der Waals surface area (Å²) in [7, 11) is 5.05. The largest absolute Gasteiger partial charge is 0.497 e. The molecule has 0 saturated heterocycles. The Bertz CT molecular complexity index is 937. The molecule has 0 saturated carbocycles. The van der Waals surface area contributed by atoms with Gasteiger partial charge in [-0.25, -0.2) is 0 Å². The molecule has 0 unspecified atom stereocenters. The molecule has 8 heteroatoms. The molecule has 2 aromatic heterocycles. The summed E-state index contributed by atoms with van der Waals surface area (Å²) in [4.78, 5) is 4.27. The first-order valence-electron chi connectivity index (χ1n) is 9.19. The number of pyridine rings is 1. The number of benzene rings is 1. The van der Waals surface area contributed by atoms with Gasteiger partial charge in [0.1, 0.15) is 17.3 Å². The van der Waals surface area contributed by atoms with Crippen molar-refractivity contribution in [1.82, 2.24) is 25.2 Å². The molecule has 8 nitrogen and oxygen atoms in total. The zero-order valence-corrected chi connectivity index (χ0v) is 16.5. The molecular weight excluding hydrogens is 356 g/mol. The number of aliphatic imine (C=N–C) groups is 1. The molecule has 0 fully saturated rings. The highest BCUT2D eigenvalue weighted by Crippen LogP contribution is 2.24. The third-order valence-electron chi connectivity index (χ3n) is 4.42. The topological polar surface area (TPSA) is 85.1 Å². The number of aromatic nitrogens is 3. The highest BCUT2D eigenvalue weighted by atomic mass is 16.5. The van der Waals surface area contributed by atoms with Crippen LogP contribution >= 0.6 is 0 Å². The maximum atomic E-state index is 5.43. The van der Waals surface area contributed by atoms with Crippen molar-refractivity contribution in [1.29, 1.82) is 0 Å². The molecule has 2 heterocycles. The van der Waals surface area contributed by atoms with Gasteiger partial charge in [-0.05, 0) is 30.7 Å².